The van der Waals surface area contributed by atoms with E-state index in [1.807, 2.05) is 6.92 Å². The molecule has 84 valence electrons. The van der Waals surface area contributed by atoms with E-state index in [0.717, 1.165) is 0 Å². The van der Waals surface area contributed by atoms with Crippen LogP contribution in [0.5, 0.6) is 0 Å². The normalized spacial score (nSPS) is 22.7. The van der Waals surface area contributed by atoms with Crippen molar-refractivity contribution < 1.29 is 14.4 Å². The molecular formula is C10H16N2O3. The Morgan fingerprint density at radius 1 is 1.47 bits per heavy atom. The van der Waals surface area contributed by atoms with Gasteiger partial charge in [-0.2, -0.15) is 0 Å². The van der Waals surface area contributed by atoms with Gasteiger partial charge in [-0.25, -0.2) is 0 Å². The molecule has 1 rings (SSSR count). The highest BCUT2D eigenvalue weighted by Gasteiger charge is 2.32. The molecule has 1 saturated heterocycles. The van der Waals surface area contributed by atoms with Gasteiger partial charge >= 0.3 is 0 Å². The summed E-state index contributed by atoms with van der Waals surface area (Å²) in [4.78, 5) is 35.5. The quantitative estimate of drug-likeness (QED) is 0.650. The lowest BCUT2D eigenvalue weighted by molar-refractivity contribution is -0.141. The summed E-state index contributed by atoms with van der Waals surface area (Å²) in [6.45, 7) is 3.96. The van der Waals surface area contributed by atoms with Crippen molar-refractivity contribution in [1.82, 2.24) is 10.2 Å². The highest BCUT2D eigenvalue weighted by atomic mass is 16.2. The van der Waals surface area contributed by atoms with Crippen molar-refractivity contribution in [3.05, 3.63) is 0 Å². The first-order valence-corrected chi connectivity index (χ1v) is 5.17. The molecule has 0 aromatic rings. The van der Waals surface area contributed by atoms with Crippen LogP contribution in [0.15, 0.2) is 0 Å². The molecule has 1 heterocycles. The molecule has 2 amide bonds. The number of imide groups is 1. The third-order valence-corrected chi connectivity index (χ3v) is 2.51. The summed E-state index contributed by atoms with van der Waals surface area (Å²) in [7, 11) is 0. The van der Waals surface area contributed by atoms with E-state index in [2.05, 4.69) is 5.32 Å². The lowest BCUT2D eigenvalue weighted by Crippen LogP contribution is -2.58. The van der Waals surface area contributed by atoms with E-state index >= 15 is 0 Å². The number of nitrogens with one attached hydrogen (secondary N) is 1. The first-order valence-electron chi connectivity index (χ1n) is 5.17. The Balaban J connectivity index is 2.69. The summed E-state index contributed by atoms with van der Waals surface area (Å²) in [6.07, 6.45) is 1.04. The Morgan fingerprint density at radius 2 is 2.13 bits per heavy atom. The highest BCUT2D eigenvalue weighted by Crippen LogP contribution is 2.09. The number of ketones is 1. The molecule has 0 saturated carbocycles. The summed E-state index contributed by atoms with van der Waals surface area (Å²) >= 11 is 0. The largest absolute Gasteiger partial charge is 0.298 e. The van der Waals surface area contributed by atoms with Crippen LogP contribution >= 0.6 is 0 Å². The topological polar surface area (TPSA) is 66.5 Å². The van der Waals surface area contributed by atoms with Crippen molar-refractivity contribution in [2.24, 2.45) is 0 Å². The monoisotopic (exact) mass is 212 g/mol. The molecule has 0 aromatic carbocycles. The maximum Gasteiger partial charge on any atom is 0.243 e. The molecule has 1 aliphatic heterocycles. The van der Waals surface area contributed by atoms with E-state index in [4.69, 9.17) is 0 Å². The van der Waals surface area contributed by atoms with Crippen LogP contribution < -0.4 is 5.32 Å². The van der Waals surface area contributed by atoms with Crippen LogP contribution in [0.25, 0.3) is 0 Å². The zero-order valence-electron chi connectivity index (χ0n) is 9.08. The number of amides is 2. The van der Waals surface area contributed by atoms with Crippen LogP contribution in [0.4, 0.5) is 0 Å². The third-order valence-electron chi connectivity index (χ3n) is 2.51. The molecule has 0 spiro atoms. The second kappa shape index (κ2) is 5.02. The Hall–Kier alpha value is -1.23. The van der Waals surface area contributed by atoms with Gasteiger partial charge in [-0.1, -0.05) is 13.8 Å². The zero-order valence-corrected chi connectivity index (χ0v) is 9.08. The lowest BCUT2D eigenvalue weighted by atomic mass is 10.1. The average molecular weight is 212 g/mol. The van der Waals surface area contributed by atoms with Crippen molar-refractivity contribution in [2.75, 3.05) is 13.1 Å². The number of piperazine rings is 1. The molecule has 1 aliphatic rings. The lowest BCUT2D eigenvalue weighted by Gasteiger charge is -2.32. The Morgan fingerprint density at radius 3 is 2.67 bits per heavy atom. The molecule has 5 heteroatoms. The predicted molar refractivity (Wildman–Crippen MR) is 54.1 cm³/mol. The van der Waals surface area contributed by atoms with E-state index in [0.29, 0.717) is 12.8 Å². The van der Waals surface area contributed by atoms with E-state index in [1.54, 1.807) is 11.8 Å². The average Bonchev–Trinajstić information content (AvgIpc) is 2.17. The summed E-state index contributed by atoms with van der Waals surface area (Å²) < 4.78 is 0. The van der Waals surface area contributed by atoms with Gasteiger partial charge in [-0.05, 0) is 6.42 Å². The Labute approximate surface area is 88.8 Å². The van der Waals surface area contributed by atoms with Crippen LogP contribution in [0.3, 0.4) is 0 Å². The minimum absolute atomic E-state index is 0.0518. The fourth-order valence-electron chi connectivity index (χ4n) is 1.67. The van der Waals surface area contributed by atoms with E-state index in [-0.39, 0.29) is 36.7 Å². The van der Waals surface area contributed by atoms with Crippen molar-refractivity contribution in [1.29, 1.82) is 0 Å². The van der Waals surface area contributed by atoms with Gasteiger partial charge in [0.15, 0.2) is 0 Å². The fraction of sp³-hybridized carbons (Fsp3) is 0.700. The van der Waals surface area contributed by atoms with E-state index < -0.39 is 0 Å². The minimum atomic E-state index is -0.349. The van der Waals surface area contributed by atoms with Gasteiger partial charge in [-0.3, -0.25) is 24.6 Å². The van der Waals surface area contributed by atoms with Crippen LogP contribution in [0.2, 0.25) is 0 Å². The number of rotatable bonds is 4. The summed E-state index contributed by atoms with van der Waals surface area (Å²) in [5.74, 6) is -0.567. The first kappa shape index (κ1) is 11.8. The maximum atomic E-state index is 11.4. The third kappa shape index (κ3) is 2.86. The molecule has 1 atom stereocenters. The van der Waals surface area contributed by atoms with Crippen LogP contribution in [-0.4, -0.2) is 41.6 Å². The molecule has 1 N–H and O–H groups in total. The minimum Gasteiger partial charge on any atom is -0.298 e. The Kier molecular flexibility index (Phi) is 3.96. The van der Waals surface area contributed by atoms with E-state index in [9.17, 15) is 14.4 Å². The molecule has 5 nitrogen and oxygen atoms in total. The van der Waals surface area contributed by atoms with Crippen molar-refractivity contribution in [3.8, 4) is 0 Å². The second-order valence-corrected chi connectivity index (χ2v) is 3.63. The zero-order chi connectivity index (χ0) is 11.4. The van der Waals surface area contributed by atoms with Gasteiger partial charge in [-0.15, -0.1) is 0 Å². The van der Waals surface area contributed by atoms with Gasteiger partial charge in [0.2, 0.25) is 11.8 Å². The van der Waals surface area contributed by atoms with Gasteiger partial charge in [0.1, 0.15) is 5.78 Å². The van der Waals surface area contributed by atoms with Crippen LogP contribution in [0, 0.1) is 0 Å². The SMILES string of the molecule is CCC(=O)CN1CC(=O)NC(=O)C1CC. The molecular weight excluding hydrogens is 196 g/mol. The standard InChI is InChI=1S/C10H16N2O3/c1-3-7(13)5-12-6-9(14)11-10(15)8(12)4-2/h8H,3-6H2,1-2H3,(H,11,14,15). The molecule has 1 unspecified atom stereocenters. The van der Waals surface area contributed by atoms with E-state index in [1.165, 1.54) is 0 Å². The summed E-state index contributed by atoms with van der Waals surface area (Å²) in [5, 5.41) is 2.27. The number of carbonyl (C=O) groups is 3. The molecule has 0 aliphatic carbocycles. The number of carbonyl (C=O) groups excluding carboxylic acids is 3. The maximum absolute atomic E-state index is 11.4. The number of nitrogens with zero attached hydrogens (tertiary/aromatic N) is 1. The van der Waals surface area contributed by atoms with Crippen LogP contribution in [-0.2, 0) is 14.4 Å². The smallest absolute Gasteiger partial charge is 0.243 e. The molecule has 15 heavy (non-hydrogen) atoms. The summed E-state index contributed by atoms with van der Waals surface area (Å²) in [6, 6.07) is -0.349. The fourth-order valence-corrected chi connectivity index (χ4v) is 1.67. The van der Waals surface area contributed by atoms with Gasteiger partial charge in [0, 0.05) is 6.42 Å². The van der Waals surface area contributed by atoms with Gasteiger partial charge in [0.25, 0.3) is 0 Å². The molecule has 1 fully saturated rings. The number of hydrogen-bond acceptors (Lipinski definition) is 4. The molecule has 0 bridgehead atoms. The predicted octanol–water partition coefficient (Wildman–Crippen LogP) is -0.298. The second-order valence-electron chi connectivity index (χ2n) is 3.63. The van der Waals surface area contributed by atoms with Crippen molar-refractivity contribution in [3.63, 3.8) is 0 Å². The van der Waals surface area contributed by atoms with Crippen molar-refractivity contribution >= 4 is 17.6 Å². The Bertz CT molecular complexity index is 288. The molecule has 0 radical (unpaired) electrons. The van der Waals surface area contributed by atoms with Crippen molar-refractivity contribution in [2.45, 2.75) is 32.7 Å². The van der Waals surface area contributed by atoms with Crippen LogP contribution in [0.1, 0.15) is 26.7 Å². The first-order chi connectivity index (χ1) is 7.08. The number of hydrogen-bond donors (Lipinski definition) is 1. The summed E-state index contributed by atoms with van der Waals surface area (Å²) in [5.41, 5.74) is 0. The number of Topliss-reactive ketones (excluding diaryl/α,β-unsaturated/α-hetero) is 1. The van der Waals surface area contributed by atoms with Gasteiger partial charge in [0.05, 0.1) is 19.1 Å². The highest BCUT2D eigenvalue weighted by molar-refractivity contribution is 6.01. The van der Waals surface area contributed by atoms with Gasteiger partial charge < -0.3 is 0 Å². The molecule has 0 aromatic heterocycles.